The van der Waals surface area contributed by atoms with E-state index in [1.165, 1.54) is 5.56 Å². The quantitative estimate of drug-likeness (QED) is 0.629. The first-order valence-corrected chi connectivity index (χ1v) is 8.57. The molecule has 0 aliphatic heterocycles. The summed E-state index contributed by atoms with van der Waals surface area (Å²) in [4.78, 5) is 16.5. The van der Waals surface area contributed by atoms with Gasteiger partial charge in [-0.25, -0.2) is 4.98 Å². The van der Waals surface area contributed by atoms with Crippen molar-refractivity contribution in [1.29, 1.82) is 0 Å². The number of fused-ring (bicyclic) bond motifs is 1. The van der Waals surface area contributed by atoms with Crippen molar-refractivity contribution in [3.05, 3.63) is 66.0 Å². The zero-order valence-corrected chi connectivity index (χ0v) is 17.1. The van der Waals surface area contributed by atoms with Crippen LogP contribution >= 0.6 is 24.8 Å². The van der Waals surface area contributed by atoms with Crippen molar-refractivity contribution in [1.82, 2.24) is 20.2 Å². The van der Waals surface area contributed by atoms with Gasteiger partial charge in [0.15, 0.2) is 0 Å². The molecule has 1 heterocycles. The van der Waals surface area contributed by atoms with Gasteiger partial charge >= 0.3 is 0 Å². The van der Waals surface area contributed by atoms with Gasteiger partial charge in [0, 0.05) is 25.6 Å². The number of hydrogen-bond acceptors (Lipinski definition) is 3. The average molecular weight is 409 g/mol. The third-order valence-electron chi connectivity index (χ3n) is 4.30. The SMILES string of the molecule is CNCC(C)C(=O)NCc1cccc(Cn2cnc3ccccc32)c1.Cl.Cl. The zero-order chi connectivity index (χ0) is 17.6. The lowest BCUT2D eigenvalue weighted by molar-refractivity contribution is -0.124. The number of para-hydroxylation sites is 2. The van der Waals surface area contributed by atoms with Crippen LogP contribution in [0.25, 0.3) is 11.0 Å². The second-order valence-electron chi connectivity index (χ2n) is 6.36. The average Bonchev–Trinajstić information content (AvgIpc) is 3.03. The van der Waals surface area contributed by atoms with Gasteiger partial charge < -0.3 is 15.2 Å². The Morgan fingerprint density at radius 3 is 2.63 bits per heavy atom. The smallest absolute Gasteiger partial charge is 0.224 e. The lowest BCUT2D eigenvalue weighted by Gasteiger charge is -2.12. The highest BCUT2D eigenvalue weighted by atomic mass is 35.5. The van der Waals surface area contributed by atoms with Gasteiger partial charge in [-0.15, -0.1) is 24.8 Å². The van der Waals surface area contributed by atoms with E-state index in [9.17, 15) is 4.79 Å². The molecule has 7 heteroatoms. The van der Waals surface area contributed by atoms with Crippen LogP contribution in [0.3, 0.4) is 0 Å². The highest BCUT2D eigenvalue weighted by molar-refractivity contribution is 5.85. The van der Waals surface area contributed by atoms with E-state index < -0.39 is 0 Å². The molecule has 1 amide bonds. The molecule has 0 radical (unpaired) electrons. The van der Waals surface area contributed by atoms with Crippen LogP contribution in [0.4, 0.5) is 0 Å². The Hall–Kier alpha value is -2.08. The van der Waals surface area contributed by atoms with Gasteiger partial charge in [0.25, 0.3) is 0 Å². The van der Waals surface area contributed by atoms with E-state index in [2.05, 4.69) is 38.4 Å². The van der Waals surface area contributed by atoms with Crippen LogP contribution in [0, 0.1) is 5.92 Å². The molecule has 0 fully saturated rings. The molecule has 1 aromatic heterocycles. The molecule has 2 N–H and O–H groups in total. The van der Waals surface area contributed by atoms with Crippen LogP contribution in [0.2, 0.25) is 0 Å². The monoisotopic (exact) mass is 408 g/mol. The van der Waals surface area contributed by atoms with E-state index in [1.54, 1.807) is 0 Å². The van der Waals surface area contributed by atoms with Crippen LogP contribution in [0.5, 0.6) is 0 Å². The fourth-order valence-electron chi connectivity index (χ4n) is 2.93. The maximum atomic E-state index is 12.0. The summed E-state index contributed by atoms with van der Waals surface area (Å²) in [6.07, 6.45) is 1.87. The van der Waals surface area contributed by atoms with Crippen LogP contribution in [-0.4, -0.2) is 29.1 Å². The molecule has 146 valence electrons. The summed E-state index contributed by atoms with van der Waals surface area (Å²) in [5, 5.41) is 6.03. The van der Waals surface area contributed by atoms with E-state index in [4.69, 9.17) is 0 Å². The molecular formula is C20H26Cl2N4O. The summed E-state index contributed by atoms with van der Waals surface area (Å²) in [6, 6.07) is 16.4. The fraction of sp³-hybridized carbons (Fsp3) is 0.300. The number of benzene rings is 2. The molecule has 27 heavy (non-hydrogen) atoms. The summed E-state index contributed by atoms with van der Waals surface area (Å²) < 4.78 is 2.14. The number of aromatic nitrogens is 2. The fourth-order valence-corrected chi connectivity index (χ4v) is 2.93. The van der Waals surface area contributed by atoms with Crippen molar-refractivity contribution in [2.45, 2.75) is 20.0 Å². The number of amides is 1. The Morgan fingerprint density at radius 2 is 1.85 bits per heavy atom. The number of carbonyl (C=O) groups excluding carboxylic acids is 1. The molecule has 1 unspecified atom stereocenters. The standard InChI is InChI=1S/C20H24N4O.2ClH/c1-15(11-21-2)20(25)22-12-16-6-5-7-17(10-16)13-24-14-23-18-8-3-4-9-19(18)24;;/h3-10,14-15,21H,11-13H2,1-2H3,(H,22,25);2*1H. The number of rotatable bonds is 7. The Labute approximate surface area is 172 Å². The first-order valence-electron chi connectivity index (χ1n) is 8.57. The summed E-state index contributed by atoms with van der Waals surface area (Å²) in [6.45, 7) is 3.91. The number of imidazole rings is 1. The third kappa shape index (κ3) is 5.96. The van der Waals surface area contributed by atoms with Crippen molar-refractivity contribution < 1.29 is 4.79 Å². The first-order chi connectivity index (χ1) is 12.2. The molecule has 0 saturated carbocycles. The second kappa shape index (κ2) is 10.9. The van der Waals surface area contributed by atoms with E-state index >= 15 is 0 Å². The largest absolute Gasteiger partial charge is 0.352 e. The zero-order valence-electron chi connectivity index (χ0n) is 15.5. The Balaban J connectivity index is 0.00000182. The molecule has 0 bridgehead atoms. The number of carbonyl (C=O) groups is 1. The Morgan fingerprint density at radius 1 is 1.11 bits per heavy atom. The molecule has 1 atom stereocenters. The minimum absolute atomic E-state index is 0. The molecular weight excluding hydrogens is 383 g/mol. The Kier molecular flexibility index (Phi) is 9.29. The minimum atomic E-state index is -0.0366. The van der Waals surface area contributed by atoms with Crippen LogP contribution in [0.1, 0.15) is 18.1 Å². The number of nitrogens with zero attached hydrogens (tertiary/aromatic N) is 2. The van der Waals surface area contributed by atoms with Gasteiger partial charge in [0.05, 0.1) is 17.4 Å². The normalized spacial score (nSPS) is 11.3. The minimum Gasteiger partial charge on any atom is -0.352 e. The second-order valence-corrected chi connectivity index (χ2v) is 6.36. The number of halogens is 2. The van der Waals surface area contributed by atoms with Crippen LogP contribution in [-0.2, 0) is 17.9 Å². The molecule has 0 aliphatic carbocycles. The highest BCUT2D eigenvalue weighted by Crippen LogP contribution is 2.15. The van der Waals surface area contributed by atoms with Gasteiger partial charge in [-0.05, 0) is 30.3 Å². The van der Waals surface area contributed by atoms with Crippen molar-refractivity contribution in [3.8, 4) is 0 Å². The summed E-state index contributed by atoms with van der Waals surface area (Å²) >= 11 is 0. The van der Waals surface area contributed by atoms with Gasteiger partial charge in [-0.1, -0.05) is 43.3 Å². The molecule has 2 aromatic carbocycles. The van der Waals surface area contributed by atoms with Gasteiger partial charge in [0.1, 0.15) is 0 Å². The summed E-state index contributed by atoms with van der Waals surface area (Å²) in [7, 11) is 1.85. The van der Waals surface area contributed by atoms with E-state index in [-0.39, 0.29) is 36.6 Å². The maximum Gasteiger partial charge on any atom is 0.224 e. The molecule has 5 nitrogen and oxygen atoms in total. The van der Waals surface area contributed by atoms with Crippen molar-refractivity contribution in [3.63, 3.8) is 0 Å². The lowest BCUT2D eigenvalue weighted by atomic mass is 10.1. The lowest BCUT2D eigenvalue weighted by Crippen LogP contribution is -2.33. The first kappa shape index (κ1) is 23.0. The molecule has 0 aliphatic rings. The van der Waals surface area contributed by atoms with Gasteiger partial charge in [0.2, 0.25) is 5.91 Å². The number of hydrogen-bond donors (Lipinski definition) is 2. The predicted molar refractivity (Wildman–Crippen MR) is 115 cm³/mol. The molecule has 3 aromatic rings. The van der Waals surface area contributed by atoms with E-state index in [1.807, 2.05) is 50.6 Å². The van der Waals surface area contributed by atoms with Crippen molar-refractivity contribution in [2.75, 3.05) is 13.6 Å². The highest BCUT2D eigenvalue weighted by Gasteiger charge is 2.11. The summed E-state index contributed by atoms with van der Waals surface area (Å²) in [5.41, 5.74) is 4.43. The molecule has 0 saturated heterocycles. The third-order valence-corrected chi connectivity index (χ3v) is 4.30. The summed E-state index contributed by atoms with van der Waals surface area (Å²) in [5.74, 6) is 0.0332. The van der Waals surface area contributed by atoms with Gasteiger partial charge in [-0.3, -0.25) is 4.79 Å². The molecule has 0 spiro atoms. The number of nitrogens with one attached hydrogen (secondary N) is 2. The van der Waals surface area contributed by atoms with Crippen LogP contribution < -0.4 is 10.6 Å². The topological polar surface area (TPSA) is 59.0 Å². The van der Waals surface area contributed by atoms with Gasteiger partial charge in [-0.2, -0.15) is 0 Å². The van der Waals surface area contributed by atoms with E-state index in [0.717, 1.165) is 23.1 Å². The Bertz CT molecular complexity index is 866. The van der Waals surface area contributed by atoms with Crippen molar-refractivity contribution in [2.24, 2.45) is 5.92 Å². The van der Waals surface area contributed by atoms with E-state index in [0.29, 0.717) is 13.1 Å². The predicted octanol–water partition coefficient (Wildman–Crippen LogP) is 3.40. The maximum absolute atomic E-state index is 12.0. The van der Waals surface area contributed by atoms with Crippen molar-refractivity contribution >= 4 is 41.8 Å². The molecule has 3 rings (SSSR count). The van der Waals surface area contributed by atoms with Crippen LogP contribution in [0.15, 0.2) is 54.9 Å².